The fraction of sp³-hybridized carbons (Fsp3) is 0.381. The number of hydrogen-bond acceptors (Lipinski definition) is 3. The zero-order valence-corrected chi connectivity index (χ0v) is 16.2. The minimum Gasteiger partial charge on any atom is -0.494 e. The van der Waals surface area contributed by atoms with Crippen molar-refractivity contribution < 1.29 is 13.9 Å². The van der Waals surface area contributed by atoms with Crippen LogP contribution in [0.1, 0.15) is 18.4 Å². The number of nitrogens with zero attached hydrogens (tertiary/aromatic N) is 2. The van der Waals surface area contributed by atoms with E-state index in [4.69, 9.17) is 16.3 Å². The van der Waals surface area contributed by atoms with E-state index in [9.17, 15) is 9.18 Å². The van der Waals surface area contributed by atoms with Crippen LogP contribution in [0.2, 0.25) is 5.02 Å². The van der Waals surface area contributed by atoms with Gasteiger partial charge in [0.05, 0.1) is 6.61 Å². The first-order valence-corrected chi connectivity index (χ1v) is 9.58. The van der Waals surface area contributed by atoms with Crippen molar-refractivity contribution in [1.29, 1.82) is 0 Å². The molecule has 0 N–H and O–H groups in total. The second kappa shape index (κ2) is 9.09. The van der Waals surface area contributed by atoms with Crippen LogP contribution in [0.4, 0.5) is 10.1 Å². The Morgan fingerprint density at radius 1 is 1.11 bits per heavy atom. The maximum absolute atomic E-state index is 13.0. The van der Waals surface area contributed by atoms with Gasteiger partial charge in [0.15, 0.2) is 0 Å². The predicted molar refractivity (Wildman–Crippen MR) is 106 cm³/mol. The van der Waals surface area contributed by atoms with E-state index in [1.807, 2.05) is 30.0 Å². The molecule has 4 nitrogen and oxygen atoms in total. The van der Waals surface area contributed by atoms with E-state index in [-0.39, 0.29) is 11.7 Å². The van der Waals surface area contributed by atoms with Gasteiger partial charge in [-0.05, 0) is 61.4 Å². The van der Waals surface area contributed by atoms with Gasteiger partial charge in [-0.15, -0.1) is 0 Å². The van der Waals surface area contributed by atoms with Crippen molar-refractivity contribution in [2.75, 3.05) is 37.7 Å². The van der Waals surface area contributed by atoms with Gasteiger partial charge < -0.3 is 14.5 Å². The second-order valence-corrected chi connectivity index (χ2v) is 7.11. The molecule has 0 atom stereocenters. The number of ether oxygens (including phenoxy) is 1. The summed E-state index contributed by atoms with van der Waals surface area (Å²) in [6.07, 6.45) is 1.15. The monoisotopic (exact) mass is 390 g/mol. The third kappa shape index (κ3) is 5.36. The van der Waals surface area contributed by atoms with Crippen molar-refractivity contribution in [2.45, 2.75) is 19.8 Å². The van der Waals surface area contributed by atoms with Gasteiger partial charge >= 0.3 is 0 Å². The van der Waals surface area contributed by atoms with Gasteiger partial charge in [0.1, 0.15) is 11.6 Å². The van der Waals surface area contributed by atoms with Crippen molar-refractivity contribution in [2.24, 2.45) is 0 Å². The van der Waals surface area contributed by atoms with Crippen LogP contribution in [-0.2, 0) is 4.79 Å². The highest BCUT2D eigenvalue weighted by Crippen LogP contribution is 2.21. The molecule has 0 aliphatic carbocycles. The van der Waals surface area contributed by atoms with E-state index in [0.717, 1.165) is 35.1 Å². The molecule has 1 heterocycles. The number of piperazine rings is 1. The Kier molecular flexibility index (Phi) is 6.56. The molecule has 144 valence electrons. The highest BCUT2D eigenvalue weighted by molar-refractivity contribution is 6.31. The lowest BCUT2D eigenvalue weighted by Crippen LogP contribution is -2.48. The molecule has 1 fully saturated rings. The summed E-state index contributed by atoms with van der Waals surface area (Å²) in [7, 11) is 0. The van der Waals surface area contributed by atoms with Crippen molar-refractivity contribution >= 4 is 23.2 Å². The summed E-state index contributed by atoms with van der Waals surface area (Å²) >= 11 is 6.00. The van der Waals surface area contributed by atoms with Gasteiger partial charge in [0.2, 0.25) is 5.91 Å². The van der Waals surface area contributed by atoms with Gasteiger partial charge in [-0.1, -0.05) is 11.6 Å². The molecule has 2 aromatic carbocycles. The quantitative estimate of drug-likeness (QED) is 0.689. The molecule has 1 aliphatic rings. The van der Waals surface area contributed by atoms with E-state index < -0.39 is 0 Å². The molecule has 0 radical (unpaired) electrons. The number of amides is 1. The molecule has 0 bridgehead atoms. The number of carbonyl (C=O) groups excluding carboxylic acids is 1. The molecule has 0 saturated carbocycles. The molecular weight excluding hydrogens is 367 g/mol. The molecule has 1 saturated heterocycles. The number of anilines is 1. The predicted octanol–water partition coefficient (Wildman–Crippen LogP) is 4.30. The SMILES string of the molecule is Cc1cc(OCCCC(=O)N2CCN(c3ccc(F)cc3)CC2)ccc1Cl. The summed E-state index contributed by atoms with van der Waals surface area (Å²) in [5.74, 6) is 0.699. The second-order valence-electron chi connectivity index (χ2n) is 6.71. The molecule has 2 aromatic rings. The Morgan fingerprint density at radius 3 is 2.48 bits per heavy atom. The molecule has 1 aliphatic heterocycles. The number of halogens is 2. The maximum atomic E-state index is 13.0. The number of aryl methyl sites for hydroxylation is 1. The van der Waals surface area contributed by atoms with Gasteiger partial charge in [-0.3, -0.25) is 4.79 Å². The lowest BCUT2D eigenvalue weighted by Gasteiger charge is -2.36. The van der Waals surface area contributed by atoms with Crippen LogP contribution in [0, 0.1) is 12.7 Å². The molecule has 27 heavy (non-hydrogen) atoms. The number of benzene rings is 2. The van der Waals surface area contributed by atoms with Crippen molar-refractivity contribution in [1.82, 2.24) is 4.90 Å². The Morgan fingerprint density at radius 2 is 1.81 bits per heavy atom. The van der Waals surface area contributed by atoms with Crippen LogP contribution in [0.3, 0.4) is 0 Å². The standard InChI is InChI=1S/C21H24ClFN2O2/c1-16-15-19(8-9-20(16)22)27-14-2-3-21(26)25-12-10-24(11-13-25)18-6-4-17(23)5-7-18/h4-9,15H,2-3,10-14H2,1H3. The summed E-state index contributed by atoms with van der Waals surface area (Å²) in [6.45, 7) is 5.34. The van der Waals surface area contributed by atoms with E-state index >= 15 is 0 Å². The summed E-state index contributed by atoms with van der Waals surface area (Å²) < 4.78 is 18.7. The fourth-order valence-electron chi connectivity index (χ4n) is 3.14. The fourth-order valence-corrected chi connectivity index (χ4v) is 3.26. The maximum Gasteiger partial charge on any atom is 0.222 e. The third-order valence-electron chi connectivity index (χ3n) is 4.76. The first-order chi connectivity index (χ1) is 13.0. The Hall–Kier alpha value is -2.27. The highest BCUT2D eigenvalue weighted by Gasteiger charge is 2.20. The topological polar surface area (TPSA) is 32.8 Å². The molecule has 0 spiro atoms. The first-order valence-electron chi connectivity index (χ1n) is 9.20. The third-order valence-corrected chi connectivity index (χ3v) is 5.18. The van der Waals surface area contributed by atoms with Crippen LogP contribution in [0.15, 0.2) is 42.5 Å². The highest BCUT2D eigenvalue weighted by atomic mass is 35.5. The zero-order chi connectivity index (χ0) is 19.2. The first kappa shape index (κ1) is 19.5. The molecule has 0 unspecified atom stereocenters. The largest absolute Gasteiger partial charge is 0.494 e. The van der Waals surface area contributed by atoms with Gasteiger partial charge in [-0.2, -0.15) is 0 Å². The van der Waals surface area contributed by atoms with Gasteiger partial charge in [0, 0.05) is 43.3 Å². The summed E-state index contributed by atoms with van der Waals surface area (Å²) in [5, 5.41) is 0.720. The Bertz CT molecular complexity index is 774. The van der Waals surface area contributed by atoms with Gasteiger partial charge in [-0.25, -0.2) is 4.39 Å². The van der Waals surface area contributed by atoms with E-state index in [0.29, 0.717) is 32.5 Å². The summed E-state index contributed by atoms with van der Waals surface area (Å²) in [4.78, 5) is 16.5. The molecule has 3 rings (SSSR count). The molecule has 1 amide bonds. The molecular formula is C21H24ClFN2O2. The van der Waals surface area contributed by atoms with Gasteiger partial charge in [0.25, 0.3) is 0 Å². The Balaban J connectivity index is 1.38. The van der Waals surface area contributed by atoms with Crippen LogP contribution in [0.25, 0.3) is 0 Å². The van der Waals surface area contributed by atoms with Crippen LogP contribution < -0.4 is 9.64 Å². The lowest BCUT2D eigenvalue weighted by molar-refractivity contribution is -0.131. The smallest absolute Gasteiger partial charge is 0.222 e. The van der Waals surface area contributed by atoms with E-state index in [1.165, 1.54) is 12.1 Å². The average molecular weight is 391 g/mol. The van der Waals surface area contributed by atoms with Crippen LogP contribution >= 0.6 is 11.6 Å². The van der Waals surface area contributed by atoms with Crippen LogP contribution in [0.5, 0.6) is 5.75 Å². The minimum atomic E-state index is -0.233. The van der Waals surface area contributed by atoms with Crippen LogP contribution in [-0.4, -0.2) is 43.6 Å². The van der Waals surface area contributed by atoms with E-state index in [2.05, 4.69) is 4.90 Å². The normalized spacial score (nSPS) is 14.3. The minimum absolute atomic E-state index is 0.157. The van der Waals surface area contributed by atoms with Crippen molar-refractivity contribution in [3.05, 3.63) is 58.9 Å². The number of rotatable bonds is 6. The van der Waals surface area contributed by atoms with Crippen molar-refractivity contribution in [3.63, 3.8) is 0 Å². The lowest BCUT2D eigenvalue weighted by atomic mass is 10.2. The summed E-state index contributed by atoms with van der Waals surface area (Å²) in [6, 6.07) is 12.1. The van der Waals surface area contributed by atoms with E-state index in [1.54, 1.807) is 12.1 Å². The molecule has 6 heteroatoms. The summed E-state index contributed by atoms with van der Waals surface area (Å²) in [5.41, 5.74) is 1.97. The zero-order valence-electron chi connectivity index (χ0n) is 15.5. The average Bonchev–Trinajstić information content (AvgIpc) is 2.68. The molecule has 0 aromatic heterocycles. The number of carbonyl (C=O) groups is 1. The Labute approximate surface area is 164 Å². The van der Waals surface area contributed by atoms with Crippen molar-refractivity contribution in [3.8, 4) is 5.75 Å². The number of hydrogen-bond donors (Lipinski definition) is 0.